The van der Waals surface area contributed by atoms with E-state index in [4.69, 9.17) is 11.6 Å². The lowest BCUT2D eigenvalue weighted by atomic mass is 9.91. The van der Waals surface area contributed by atoms with Crippen molar-refractivity contribution in [3.05, 3.63) is 70.9 Å². The Bertz CT molecular complexity index is 1180. The number of carbonyl (C=O) groups excluding carboxylic acids is 2. The number of rotatable bonds is 5. The fraction of sp³-hybridized carbons (Fsp3) is 0.407. The molecule has 33 heavy (non-hydrogen) atoms. The molecule has 1 saturated carbocycles. The van der Waals surface area contributed by atoms with Crippen LogP contribution in [-0.2, 0) is 17.8 Å². The van der Waals surface area contributed by atoms with Gasteiger partial charge >= 0.3 is 0 Å². The Labute approximate surface area is 199 Å². The van der Waals surface area contributed by atoms with E-state index >= 15 is 0 Å². The number of hydrogen-bond donors (Lipinski definition) is 1. The third-order valence-electron chi connectivity index (χ3n) is 7.30. The van der Waals surface area contributed by atoms with Gasteiger partial charge in [-0.25, -0.2) is 0 Å². The van der Waals surface area contributed by atoms with E-state index in [-0.39, 0.29) is 17.9 Å². The molecule has 3 aromatic rings. The normalized spacial score (nSPS) is 21.3. The second-order valence-corrected chi connectivity index (χ2v) is 10.0. The lowest BCUT2D eigenvalue weighted by molar-refractivity contribution is -0.133. The maximum atomic E-state index is 13.8. The molecule has 0 bridgehead atoms. The van der Waals surface area contributed by atoms with Crippen LogP contribution in [-0.4, -0.2) is 39.4 Å². The zero-order chi connectivity index (χ0) is 23.0. The highest BCUT2D eigenvalue weighted by Gasteiger charge is 2.47. The van der Waals surface area contributed by atoms with Crippen molar-refractivity contribution in [2.45, 2.75) is 63.6 Å². The van der Waals surface area contributed by atoms with E-state index in [0.29, 0.717) is 30.2 Å². The first-order valence-electron chi connectivity index (χ1n) is 11.9. The van der Waals surface area contributed by atoms with Gasteiger partial charge < -0.3 is 14.8 Å². The molecule has 172 valence electrons. The Morgan fingerprint density at radius 2 is 1.82 bits per heavy atom. The summed E-state index contributed by atoms with van der Waals surface area (Å²) in [6, 6.07) is 17.8. The Kier molecular flexibility index (Phi) is 5.92. The molecule has 0 unspecified atom stereocenters. The standard InChI is InChI=1S/C27H30ClN3O2/c1-27(26(33)29-22-8-3-2-4-9-22)18-30-23-10-6-5-7-20(23)17-24(30)25(32)31(27)16-15-19-11-13-21(28)14-12-19/h5-7,10-14,17,22H,2-4,8-9,15-16,18H2,1H3,(H,29,33)/t27-/m1/s1. The molecule has 1 fully saturated rings. The third kappa shape index (κ3) is 4.15. The Balaban J connectivity index is 1.48. The largest absolute Gasteiger partial charge is 0.351 e. The summed E-state index contributed by atoms with van der Waals surface area (Å²) in [5.74, 6) is -0.144. The van der Waals surface area contributed by atoms with E-state index in [1.165, 1.54) is 6.42 Å². The lowest BCUT2D eigenvalue weighted by Crippen LogP contribution is -2.65. The van der Waals surface area contributed by atoms with Gasteiger partial charge in [-0.1, -0.05) is 61.2 Å². The van der Waals surface area contributed by atoms with E-state index in [2.05, 4.69) is 5.32 Å². The number of nitrogens with one attached hydrogen (secondary N) is 1. The van der Waals surface area contributed by atoms with Crippen molar-refractivity contribution >= 4 is 34.3 Å². The van der Waals surface area contributed by atoms with Crippen molar-refractivity contribution in [1.82, 2.24) is 14.8 Å². The molecule has 1 N–H and O–H groups in total. The minimum Gasteiger partial charge on any atom is -0.351 e. The summed E-state index contributed by atoms with van der Waals surface area (Å²) in [7, 11) is 0. The Morgan fingerprint density at radius 1 is 1.09 bits per heavy atom. The van der Waals surface area contributed by atoms with E-state index < -0.39 is 5.54 Å². The molecule has 0 spiro atoms. The van der Waals surface area contributed by atoms with Crippen LogP contribution in [0.5, 0.6) is 0 Å². The molecular formula is C27H30ClN3O2. The van der Waals surface area contributed by atoms with Gasteiger partial charge in [0.05, 0.1) is 6.54 Å². The van der Waals surface area contributed by atoms with Gasteiger partial charge in [-0.2, -0.15) is 0 Å². The number of para-hydroxylation sites is 1. The highest BCUT2D eigenvalue weighted by atomic mass is 35.5. The highest BCUT2D eigenvalue weighted by molar-refractivity contribution is 6.30. The van der Waals surface area contributed by atoms with Crippen LogP contribution in [0.2, 0.25) is 5.02 Å². The second kappa shape index (κ2) is 8.86. The molecule has 2 amide bonds. The number of halogens is 1. The Morgan fingerprint density at radius 3 is 2.58 bits per heavy atom. The second-order valence-electron chi connectivity index (χ2n) is 9.59. The van der Waals surface area contributed by atoms with Crippen molar-refractivity contribution in [2.75, 3.05) is 6.54 Å². The molecule has 1 aliphatic heterocycles. The number of amides is 2. The summed E-state index contributed by atoms with van der Waals surface area (Å²) < 4.78 is 2.02. The first-order chi connectivity index (χ1) is 16.0. The van der Waals surface area contributed by atoms with Crippen LogP contribution < -0.4 is 5.32 Å². The molecular weight excluding hydrogens is 434 g/mol. The SMILES string of the molecule is C[C@]1(C(=O)NC2CCCCC2)Cn2c(cc3ccccc32)C(=O)N1CCc1ccc(Cl)cc1. The summed E-state index contributed by atoms with van der Waals surface area (Å²) >= 11 is 6.04. The van der Waals surface area contributed by atoms with Crippen molar-refractivity contribution in [3.8, 4) is 0 Å². The number of nitrogens with zero attached hydrogens (tertiary/aromatic N) is 2. The molecule has 1 aliphatic carbocycles. The predicted octanol–water partition coefficient (Wildman–Crippen LogP) is 5.20. The van der Waals surface area contributed by atoms with Crippen LogP contribution in [0.1, 0.15) is 55.1 Å². The lowest BCUT2D eigenvalue weighted by Gasteiger charge is -2.45. The first kappa shape index (κ1) is 22.0. The molecule has 0 saturated heterocycles. The van der Waals surface area contributed by atoms with E-state index in [0.717, 1.165) is 42.1 Å². The number of carbonyl (C=O) groups is 2. The van der Waals surface area contributed by atoms with E-state index in [9.17, 15) is 9.59 Å². The maximum Gasteiger partial charge on any atom is 0.271 e. The summed E-state index contributed by atoms with van der Waals surface area (Å²) in [4.78, 5) is 29.3. The molecule has 5 rings (SSSR count). The topological polar surface area (TPSA) is 54.3 Å². The van der Waals surface area contributed by atoms with Gasteiger partial charge in [0, 0.05) is 28.5 Å². The van der Waals surface area contributed by atoms with Crippen molar-refractivity contribution < 1.29 is 9.59 Å². The summed E-state index contributed by atoms with van der Waals surface area (Å²) in [6.45, 7) is 2.83. The average molecular weight is 464 g/mol. The molecule has 2 aromatic carbocycles. The van der Waals surface area contributed by atoms with Gasteiger partial charge in [0.2, 0.25) is 5.91 Å². The van der Waals surface area contributed by atoms with Gasteiger partial charge in [0.25, 0.3) is 5.91 Å². The van der Waals surface area contributed by atoms with Crippen molar-refractivity contribution in [3.63, 3.8) is 0 Å². The van der Waals surface area contributed by atoms with Crippen molar-refractivity contribution in [1.29, 1.82) is 0 Å². The van der Waals surface area contributed by atoms with Crippen LogP contribution in [0.25, 0.3) is 10.9 Å². The summed E-state index contributed by atoms with van der Waals surface area (Å²) in [6.07, 6.45) is 6.21. The highest BCUT2D eigenvalue weighted by Crippen LogP contribution is 2.33. The number of benzene rings is 2. The quantitative estimate of drug-likeness (QED) is 0.565. The average Bonchev–Trinajstić information content (AvgIpc) is 3.19. The van der Waals surface area contributed by atoms with Crippen LogP contribution in [0.3, 0.4) is 0 Å². The van der Waals surface area contributed by atoms with Gasteiger partial charge in [-0.15, -0.1) is 0 Å². The van der Waals surface area contributed by atoms with Crippen LogP contribution in [0, 0.1) is 0 Å². The number of fused-ring (bicyclic) bond motifs is 3. The van der Waals surface area contributed by atoms with Crippen LogP contribution >= 0.6 is 11.6 Å². The number of aromatic nitrogens is 1. The Hall–Kier alpha value is -2.79. The van der Waals surface area contributed by atoms with Gasteiger partial charge in [0.1, 0.15) is 11.2 Å². The zero-order valence-electron chi connectivity index (χ0n) is 19.0. The molecule has 6 heteroatoms. The fourth-order valence-corrected chi connectivity index (χ4v) is 5.46. The van der Waals surface area contributed by atoms with Crippen molar-refractivity contribution in [2.24, 2.45) is 0 Å². The zero-order valence-corrected chi connectivity index (χ0v) is 19.8. The van der Waals surface area contributed by atoms with Crippen LogP contribution in [0.4, 0.5) is 0 Å². The van der Waals surface area contributed by atoms with Gasteiger partial charge in [0.15, 0.2) is 0 Å². The van der Waals surface area contributed by atoms with E-state index in [1.807, 2.05) is 66.1 Å². The maximum absolute atomic E-state index is 13.8. The van der Waals surface area contributed by atoms with Gasteiger partial charge in [-0.3, -0.25) is 9.59 Å². The summed E-state index contributed by atoms with van der Waals surface area (Å²) in [5.41, 5.74) is 1.77. The minimum atomic E-state index is -0.963. The molecule has 2 heterocycles. The predicted molar refractivity (Wildman–Crippen MR) is 132 cm³/mol. The smallest absolute Gasteiger partial charge is 0.271 e. The number of hydrogen-bond acceptors (Lipinski definition) is 2. The third-order valence-corrected chi connectivity index (χ3v) is 7.56. The van der Waals surface area contributed by atoms with Crippen LogP contribution in [0.15, 0.2) is 54.6 Å². The molecule has 5 nitrogen and oxygen atoms in total. The minimum absolute atomic E-state index is 0.0534. The van der Waals surface area contributed by atoms with E-state index in [1.54, 1.807) is 4.90 Å². The molecule has 0 radical (unpaired) electrons. The first-order valence-corrected chi connectivity index (χ1v) is 12.3. The molecule has 2 aliphatic rings. The monoisotopic (exact) mass is 463 g/mol. The van der Waals surface area contributed by atoms with Gasteiger partial charge in [-0.05, 0) is 56.0 Å². The molecule has 1 atom stereocenters. The molecule has 1 aromatic heterocycles. The fourth-order valence-electron chi connectivity index (χ4n) is 5.34. The summed E-state index contributed by atoms with van der Waals surface area (Å²) in [5, 5.41) is 5.01.